The van der Waals surface area contributed by atoms with Crippen LogP contribution >= 0.6 is 0 Å². The van der Waals surface area contributed by atoms with Crippen LogP contribution < -0.4 is 21.7 Å². The molecule has 2 aromatic carbocycles. The zero-order valence-corrected chi connectivity index (χ0v) is 22.6. The van der Waals surface area contributed by atoms with Gasteiger partial charge in [-0.3, -0.25) is 24.2 Å². The molecule has 1 unspecified atom stereocenters. The van der Waals surface area contributed by atoms with Gasteiger partial charge in [-0.05, 0) is 42.3 Å². The van der Waals surface area contributed by atoms with Crippen LogP contribution in [-0.2, 0) is 43.2 Å². The van der Waals surface area contributed by atoms with Crippen molar-refractivity contribution in [2.75, 3.05) is 6.54 Å². The standard InChI is InChI=1S/C30H33N5O6/c1-18-5-7-19(8-6-18)17-24(28(38)34-23(27(31)37)16-20-9-11-22(36)12-10-20)35-30(40)26-25(41-26)29(39)33-15-13-21-4-2-3-14-32-21/h2-12,14,23-26,36H,13,15-17H2,1H3,(H2,31,37)(H,33,39)(H,34,38)(H,35,40)/t23-,24-,25-,26?/m0/s1. The molecule has 0 radical (unpaired) electrons. The third-order valence-electron chi connectivity index (χ3n) is 6.64. The second kappa shape index (κ2) is 13.5. The van der Waals surface area contributed by atoms with Crippen LogP contribution in [-0.4, -0.2) is 64.6 Å². The van der Waals surface area contributed by atoms with E-state index in [1.807, 2.05) is 43.3 Å². The summed E-state index contributed by atoms with van der Waals surface area (Å²) in [5.41, 5.74) is 8.87. The highest BCUT2D eigenvalue weighted by molar-refractivity contribution is 5.97. The first-order valence-electron chi connectivity index (χ1n) is 13.3. The van der Waals surface area contributed by atoms with Gasteiger partial charge in [-0.1, -0.05) is 48.0 Å². The van der Waals surface area contributed by atoms with Crippen LogP contribution in [0.15, 0.2) is 72.9 Å². The predicted octanol–water partition coefficient (Wildman–Crippen LogP) is 0.462. The van der Waals surface area contributed by atoms with Gasteiger partial charge in [0.2, 0.25) is 11.8 Å². The van der Waals surface area contributed by atoms with Crippen molar-refractivity contribution in [3.63, 3.8) is 0 Å². The smallest absolute Gasteiger partial charge is 0.253 e. The lowest BCUT2D eigenvalue weighted by Gasteiger charge is -2.22. The maximum Gasteiger partial charge on any atom is 0.253 e. The van der Waals surface area contributed by atoms with E-state index in [9.17, 15) is 24.3 Å². The van der Waals surface area contributed by atoms with E-state index in [2.05, 4.69) is 20.9 Å². The topological polar surface area (TPSA) is 176 Å². The number of nitrogens with zero attached hydrogens (tertiary/aromatic N) is 1. The average molecular weight is 560 g/mol. The Labute approximate surface area is 237 Å². The summed E-state index contributed by atoms with van der Waals surface area (Å²) in [5.74, 6) is -2.34. The summed E-state index contributed by atoms with van der Waals surface area (Å²) in [5, 5.41) is 17.6. The minimum Gasteiger partial charge on any atom is -0.508 e. The van der Waals surface area contributed by atoms with Crippen molar-refractivity contribution >= 4 is 23.6 Å². The first kappa shape index (κ1) is 29.2. The number of hydrogen-bond acceptors (Lipinski definition) is 7. The first-order valence-corrected chi connectivity index (χ1v) is 13.3. The van der Waals surface area contributed by atoms with E-state index in [1.54, 1.807) is 24.4 Å². The second-order valence-electron chi connectivity index (χ2n) is 9.92. The molecule has 3 aromatic rings. The quantitative estimate of drug-likeness (QED) is 0.189. The number of hydrogen-bond donors (Lipinski definition) is 5. The van der Waals surface area contributed by atoms with Gasteiger partial charge in [0.15, 0.2) is 12.2 Å². The molecule has 0 spiro atoms. The number of carbonyl (C=O) groups excluding carboxylic acids is 4. The Kier molecular flexibility index (Phi) is 9.64. The Morgan fingerprint density at radius 1 is 0.878 bits per heavy atom. The van der Waals surface area contributed by atoms with Crippen molar-refractivity contribution in [1.29, 1.82) is 0 Å². The third kappa shape index (κ3) is 8.61. The van der Waals surface area contributed by atoms with E-state index >= 15 is 0 Å². The minimum atomic E-state index is -1.07. The van der Waals surface area contributed by atoms with E-state index in [0.717, 1.165) is 16.8 Å². The highest BCUT2D eigenvalue weighted by atomic mass is 16.6. The van der Waals surface area contributed by atoms with Crippen LogP contribution in [0.4, 0.5) is 0 Å². The lowest BCUT2D eigenvalue weighted by molar-refractivity contribution is -0.131. The lowest BCUT2D eigenvalue weighted by atomic mass is 10.0. The summed E-state index contributed by atoms with van der Waals surface area (Å²) in [4.78, 5) is 55.2. The summed E-state index contributed by atoms with van der Waals surface area (Å²) >= 11 is 0. The number of amides is 4. The molecule has 11 heteroatoms. The molecule has 1 saturated heterocycles. The van der Waals surface area contributed by atoms with Crippen molar-refractivity contribution in [2.45, 2.75) is 50.5 Å². The van der Waals surface area contributed by atoms with Crippen molar-refractivity contribution < 1.29 is 29.0 Å². The van der Waals surface area contributed by atoms with Crippen molar-refractivity contribution in [1.82, 2.24) is 20.9 Å². The number of ether oxygens (including phenoxy) is 1. The van der Waals surface area contributed by atoms with Crippen LogP contribution in [0.5, 0.6) is 5.75 Å². The van der Waals surface area contributed by atoms with Crippen molar-refractivity contribution in [3.8, 4) is 5.75 Å². The molecular weight excluding hydrogens is 526 g/mol. The fourth-order valence-electron chi connectivity index (χ4n) is 4.26. The van der Waals surface area contributed by atoms with Crippen LogP contribution in [0.25, 0.3) is 0 Å². The number of pyridine rings is 1. The Balaban J connectivity index is 1.37. The summed E-state index contributed by atoms with van der Waals surface area (Å²) in [6, 6.07) is 17.0. The second-order valence-corrected chi connectivity index (χ2v) is 9.92. The number of benzene rings is 2. The molecule has 0 bridgehead atoms. The van der Waals surface area contributed by atoms with Gasteiger partial charge in [-0.25, -0.2) is 0 Å². The molecule has 41 heavy (non-hydrogen) atoms. The Morgan fingerprint density at radius 2 is 1.51 bits per heavy atom. The number of aromatic nitrogens is 1. The summed E-state index contributed by atoms with van der Waals surface area (Å²) in [7, 11) is 0. The number of epoxide rings is 1. The van der Waals surface area contributed by atoms with E-state index < -0.39 is 47.9 Å². The van der Waals surface area contributed by atoms with Gasteiger partial charge in [0, 0.05) is 37.7 Å². The van der Waals surface area contributed by atoms with E-state index in [-0.39, 0.29) is 18.6 Å². The molecule has 4 amide bonds. The van der Waals surface area contributed by atoms with Gasteiger partial charge in [0.1, 0.15) is 17.8 Å². The maximum absolute atomic E-state index is 13.3. The number of aryl methyl sites for hydroxylation is 1. The fraction of sp³-hybridized carbons (Fsp3) is 0.300. The number of phenolic OH excluding ortho intramolecular Hbond substituents is 1. The largest absolute Gasteiger partial charge is 0.508 e. The molecule has 1 fully saturated rings. The van der Waals surface area contributed by atoms with Gasteiger partial charge in [-0.15, -0.1) is 0 Å². The highest BCUT2D eigenvalue weighted by Gasteiger charge is 2.50. The summed E-state index contributed by atoms with van der Waals surface area (Å²) < 4.78 is 5.33. The summed E-state index contributed by atoms with van der Waals surface area (Å²) in [6.07, 6.45) is 0.427. The number of carbonyl (C=O) groups is 4. The van der Waals surface area contributed by atoms with Crippen LogP contribution in [0.1, 0.15) is 22.4 Å². The Hall–Kier alpha value is -4.77. The van der Waals surface area contributed by atoms with Gasteiger partial charge < -0.3 is 31.5 Å². The molecule has 2 heterocycles. The zero-order valence-electron chi connectivity index (χ0n) is 22.6. The first-order chi connectivity index (χ1) is 19.7. The van der Waals surface area contributed by atoms with E-state index in [4.69, 9.17) is 10.5 Å². The van der Waals surface area contributed by atoms with Crippen LogP contribution in [0.2, 0.25) is 0 Å². The fourth-order valence-corrected chi connectivity index (χ4v) is 4.26. The summed E-state index contributed by atoms with van der Waals surface area (Å²) in [6.45, 7) is 2.26. The molecule has 0 aliphatic carbocycles. The Morgan fingerprint density at radius 3 is 2.15 bits per heavy atom. The third-order valence-corrected chi connectivity index (χ3v) is 6.64. The number of nitrogens with one attached hydrogen (secondary N) is 3. The zero-order chi connectivity index (χ0) is 29.4. The molecule has 214 valence electrons. The SMILES string of the molecule is Cc1ccc(C[C@H](NC(=O)C2O[C@@H]2C(=O)NCCc2ccccn2)C(=O)N[C@@H](Cc2ccc(O)cc2)C(N)=O)cc1. The average Bonchev–Trinajstić information content (AvgIpc) is 3.76. The molecule has 1 aliphatic rings. The highest BCUT2D eigenvalue weighted by Crippen LogP contribution is 2.23. The van der Waals surface area contributed by atoms with Crippen LogP contribution in [0.3, 0.4) is 0 Å². The molecule has 1 aliphatic heterocycles. The molecule has 11 nitrogen and oxygen atoms in total. The number of phenols is 1. The minimum absolute atomic E-state index is 0.0665. The lowest BCUT2D eigenvalue weighted by Crippen LogP contribution is -2.55. The van der Waals surface area contributed by atoms with Gasteiger partial charge >= 0.3 is 0 Å². The van der Waals surface area contributed by atoms with Crippen LogP contribution in [0, 0.1) is 6.92 Å². The van der Waals surface area contributed by atoms with Gasteiger partial charge in [-0.2, -0.15) is 0 Å². The monoisotopic (exact) mass is 559 g/mol. The molecule has 1 aromatic heterocycles. The normalized spacial score (nSPS) is 17.1. The van der Waals surface area contributed by atoms with Crippen molar-refractivity contribution in [3.05, 3.63) is 95.3 Å². The Bertz CT molecular complexity index is 1360. The molecule has 0 saturated carbocycles. The molecular formula is C30H33N5O6. The number of rotatable bonds is 13. The predicted molar refractivity (Wildman–Crippen MR) is 149 cm³/mol. The number of aromatic hydroxyl groups is 1. The van der Waals surface area contributed by atoms with E-state index in [0.29, 0.717) is 18.5 Å². The van der Waals surface area contributed by atoms with Gasteiger partial charge in [0.25, 0.3) is 11.8 Å². The van der Waals surface area contributed by atoms with Crippen molar-refractivity contribution in [2.24, 2.45) is 5.73 Å². The molecule has 6 N–H and O–H groups in total. The maximum atomic E-state index is 13.3. The molecule has 4 rings (SSSR count). The number of primary amides is 1. The molecule has 4 atom stereocenters. The van der Waals surface area contributed by atoms with E-state index in [1.165, 1.54) is 12.1 Å². The number of nitrogens with two attached hydrogens (primary N) is 1. The van der Waals surface area contributed by atoms with Gasteiger partial charge in [0.05, 0.1) is 0 Å².